The van der Waals surface area contributed by atoms with Crippen molar-refractivity contribution in [3.05, 3.63) is 35.4 Å². The molecular formula is C15H21NO2. The summed E-state index contributed by atoms with van der Waals surface area (Å²) in [6.07, 6.45) is 3.49. The molecule has 1 amide bonds. The molecule has 0 bridgehead atoms. The highest BCUT2D eigenvalue weighted by Crippen LogP contribution is 2.47. The molecule has 0 radical (unpaired) electrons. The average molecular weight is 247 g/mol. The van der Waals surface area contributed by atoms with Crippen molar-refractivity contribution in [2.75, 3.05) is 13.2 Å². The van der Waals surface area contributed by atoms with Crippen LogP contribution in [0.15, 0.2) is 24.3 Å². The molecule has 3 nitrogen and oxygen atoms in total. The molecule has 1 aromatic rings. The van der Waals surface area contributed by atoms with Gasteiger partial charge in [-0.2, -0.15) is 0 Å². The van der Waals surface area contributed by atoms with Crippen LogP contribution >= 0.6 is 0 Å². The number of aliphatic hydroxyl groups is 1. The molecular weight excluding hydrogens is 226 g/mol. The molecule has 1 aromatic carbocycles. The van der Waals surface area contributed by atoms with Crippen molar-refractivity contribution < 1.29 is 9.90 Å². The minimum Gasteiger partial charge on any atom is -0.396 e. The summed E-state index contributed by atoms with van der Waals surface area (Å²) in [5.41, 5.74) is 2.43. The van der Waals surface area contributed by atoms with Gasteiger partial charge in [-0.1, -0.05) is 29.8 Å². The fourth-order valence-electron chi connectivity index (χ4n) is 2.29. The molecule has 0 atom stereocenters. The average Bonchev–Trinajstić information content (AvgIpc) is 3.08. The fourth-order valence-corrected chi connectivity index (χ4v) is 2.29. The third-order valence-corrected chi connectivity index (χ3v) is 3.71. The highest BCUT2D eigenvalue weighted by Gasteiger charge is 2.41. The van der Waals surface area contributed by atoms with E-state index in [1.54, 1.807) is 0 Å². The van der Waals surface area contributed by atoms with Crippen molar-refractivity contribution in [2.24, 2.45) is 5.41 Å². The summed E-state index contributed by atoms with van der Waals surface area (Å²) in [5.74, 6) is 0.0739. The van der Waals surface area contributed by atoms with Gasteiger partial charge in [0.05, 0.1) is 6.42 Å². The molecule has 1 aliphatic rings. The minimum atomic E-state index is 0.0739. The van der Waals surface area contributed by atoms with E-state index in [0.29, 0.717) is 13.0 Å². The van der Waals surface area contributed by atoms with Gasteiger partial charge < -0.3 is 10.4 Å². The number of hydrogen-bond acceptors (Lipinski definition) is 2. The Balaban J connectivity index is 1.79. The molecule has 1 saturated carbocycles. The van der Waals surface area contributed by atoms with Crippen molar-refractivity contribution in [1.29, 1.82) is 0 Å². The van der Waals surface area contributed by atoms with Crippen LogP contribution < -0.4 is 5.32 Å². The molecule has 0 aliphatic heterocycles. The van der Waals surface area contributed by atoms with Crippen LogP contribution in [0.3, 0.4) is 0 Å². The second-order valence-corrected chi connectivity index (χ2v) is 5.42. The zero-order valence-corrected chi connectivity index (χ0v) is 10.9. The van der Waals surface area contributed by atoms with E-state index in [4.69, 9.17) is 5.11 Å². The molecule has 18 heavy (non-hydrogen) atoms. The maximum atomic E-state index is 11.8. The molecule has 0 aromatic heterocycles. The van der Waals surface area contributed by atoms with E-state index in [1.807, 2.05) is 31.2 Å². The number of amides is 1. The largest absolute Gasteiger partial charge is 0.396 e. The highest BCUT2D eigenvalue weighted by molar-refractivity contribution is 5.78. The van der Waals surface area contributed by atoms with Crippen LogP contribution in [-0.2, 0) is 11.2 Å². The van der Waals surface area contributed by atoms with Crippen molar-refractivity contribution in [2.45, 2.75) is 32.6 Å². The molecule has 0 unspecified atom stereocenters. The smallest absolute Gasteiger partial charge is 0.224 e. The van der Waals surface area contributed by atoms with Crippen molar-refractivity contribution >= 4 is 5.91 Å². The molecule has 1 fully saturated rings. The van der Waals surface area contributed by atoms with Crippen LogP contribution in [-0.4, -0.2) is 24.2 Å². The van der Waals surface area contributed by atoms with Gasteiger partial charge in [0, 0.05) is 13.2 Å². The van der Waals surface area contributed by atoms with E-state index >= 15 is 0 Å². The second kappa shape index (κ2) is 5.53. The lowest BCUT2D eigenvalue weighted by molar-refractivity contribution is -0.120. The van der Waals surface area contributed by atoms with E-state index in [2.05, 4.69) is 5.32 Å². The number of aliphatic hydroxyl groups excluding tert-OH is 1. The minimum absolute atomic E-state index is 0.0739. The first-order valence-corrected chi connectivity index (χ1v) is 6.57. The number of rotatable bonds is 6. The number of nitrogens with one attached hydrogen (secondary N) is 1. The summed E-state index contributed by atoms with van der Waals surface area (Å²) < 4.78 is 0. The van der Waals surface area contributed by atoms with Crippen LogP contribution in [0.25, 0.3) is 0 Å². The molecule has 0 heterocycles. The molecule has 2 N–H and O–H groups in total. The first kappa shape index (κ1) is 13.1. The summed E-state index contributed by atoms with van der Waals surface area (Å²) in [6.45, 7) is 2.95. The van der Waals surface area contributed by atoms with Crippen LogP contribution in [0.2, 0.25) is 0 Å². The van der Waals surface area contributed by atoms with E-state index in [-0.39, 0.29) is 17.9 Å². The fraction of sp³-hybridized carbons (Fsp3) is 0.533. The molecule has 3 heteroatoms. The molecule has 0 spiro atoms. The standard InChI is InChI=1S/C15H21NO2/c1-12-3-2-4-13(9-12)10-14(18)16-11-15(5-6-15)7-8-17/h2-4,9,17H,5-8,10-11H2,1H3,(H,16,18). The van der Waals surface area contributed by atoms with Gasteiger partial charge in [-0.15, -0.1) is 0 Å². The maximum absolute atomic E-state index is 11.8. The third kappa shape index (κ3) is 3.57. The number of hydrogen-bond donors (Lipinski definition) is 2. The number of carbonyl (C=O) groups is 1. The second-order valence-electron chi connectivity index (χ2n) is 5.42. The Morgan fingerprint density at radius 1 is 1.44 bits per heavy atom. The van der Waals surface area contributed by atoms with Crippen molar-refractivity contribution in [1.82, 2.24) is 5.32 Å². The number of benzene rings is 1. The Bertz CT molecular complexity index is 424. The monoisotopic (exact) mass is 247 g/mol. The topological polar surface area (TPSA) is 49.3 Å². The van der Waals surface area contributed by atoms with Crippen molar-refractivity contribution in [3.63, 3.8) is 0 Å². The molecule has 2 rings (SSSR count). The van der Waals surface area contributed by atoms with Crippen molar-refractivity contribution in [3.8, 4) is 0 Å². The lowest BCUT2D eigenvalue weighted by Crippen LogP contribution is -2.31. The zero-order chi connectivity index (χ0) is 13.0. The summed E-state index contributed by atoms with van der Waals surface area (Å²) >= 11 is 0. The Labute approximate surface area is 108 Å². The van der Waals surface area contributed by atoms with Gasteiger partial charge in [-0.3, -0.25) is 4.79 Å². The quantitative estimate of drug-likeness (QED) is 0.805. The predicted octanol–water partition coefficient (Wildman–Crippen LogP) is 1.82. The highest BCUT2D eigenvalue weighted by atomic mass is 16.3. The lowest BCUT2D eigenvalue weighted by Gasteiger charge is -2.14. The predicted molar refractivity (Wildman–Crippen MR) is 71.3 cm³/mol. The normalized spacial score (nSPS) is 16.3. The van der Waals surface area contributed by atoms with Gasteiger partial charge >= 0.3 is 0 Å². The van der Waals surface area contributed by atoms with Gasteiger partial charge in [-0.05, 0) is 37.2 Å². The SMILES string of the molecule is Cc1cccc(CC(=O)NCC2(CCO)CC2)c1. The summed E-state index contributed by atoms with van der Waals surface area (Å²) in [7, 11) is 0. The molecule has 1 aliphatic carbocycles. The number of carbonyl (C=O) groups excluding carboxylic acids is 1. The summed E-state index contributed by atoms with van der Waals surface area (Å²) in [6, 6.07) is 8.03. The van der Waals surface area contributed by atoms with E-state index < -0.39 is 0 Å². The first-order valence-electron chi connectivity index (χ1n) is 6.57. The van der Waals surface area contributed by atoms with Gasteiger partial charge in [0.25, 0.3) is 0 Å². The van der Waals surface area contributed by atoms with E-state index in [1.165, 1.54) is 5.56 Å². The van der Waals surface area contributed by atoms with E-state index in [9.17, 15) is 4.79 Å². The maximum Gasteiger partial charge on any atom is 0.224 e. The summed E-state index contributed by atoms with van der Waals surface area (Å²) in [5, 5.41) is 11.9. The van der Waals surface area contributed by atoms with Gasteiger partial charge in [0.2, 0.25) is 5.91 Å². The van der Waals surface area contributed by atoms with Gasteiger partial charge in [0.15, 0.2) is 0 Å². The molecule has 0 saturated heterocycles. The van der Waals surface area contributed by atoms with Crippen LogP contribution in [0.5, 0.6) is 0 Å². The zero-order valence-electron chi connectivity index (χ0n) is 10.9. The Hall–Kier alpha value is -1.35. The molecule has 98 valence electrons. The lowest BCUT2D eigenvalue weighted by atomic mass is 10.0. The van der Waals surface area contributed by atoms with Gasteiger partial charge in [-0.25, -0.2) is 0 Å². The Kier molecular flexibility index (Phi) is 4.02. The van der Waals surface area contributed by atoms with Crippen LogP contribution in [0.4, 0.5) is 0 Å². The first-order chi connectivity index (χ1) is 8.63. The van der Waals surface area contributed by atoms with E-state index in [0.717, 1.165) is 24.8 Å². The summed E-state index contributed by atoms with van der Waals surface area (Å²) in [4.78, 5) is 11.8. The number of aryl methyl sites for hydroxylation is 1. The van der Waals surface area contributed by atoms with Gasteiger partial charge in [0.1, 0.15) is 0 Å². The third-order valence-electron chi connectivity index (χ3n) is 3.71. The Morgan fingerprint density at radius 3 is 2.83 bits per heavy atom. The van der Waals surface area contributed by atoms with Crippen LogP contribution in [0.1, 0.15) is 30.4 Å². The van der Waals surface area contributed by atoms with Crippen LogP contribution in [0, 0.1) is 12.3 Å². The Morgan fingerprint density at radius 2 is 2.22 bits per heavy atom.